The molecule has 2 radical (unpaired) electrons. The van der Waals surface area contributed by atoms with Gasteiger partial charge in [-0.05, 0) is 122 Å². The SMILES string of the molecule is CC(=O)C=C(C)O.CC(=O)C=C(C)O.CC(C)(C)c1ccc(-c2cc3cnc(-c4[c-]ccc5c4oc4ccccc45)cc3s2)cc1.Cc1cccc(C)c1-c1ccc(-c2cc3cnc(-c4[c-]ccc5c4oc4ccccc45)cc3s2)cc1.[Ir].[Ir]. The van der Waals surface area contributed by atoms with E-state index in [1.165, 1.54) is 97.9 Å². The van der Waals surface area contributed by atoms with Crippen LogP contribution in [0.4, 0.5) is 0 Å². The van der Waals surface area contributed by atoms with E-state index in [4.69, 9.17) is 29.0 Å². The third-order valence-corrected chi connectivity index (χ3v) is 16.1. The van der Waals surface area contributed by atoms with E-state index in [9.17, 15) is 9.59 Å². The van der Waals surface area contributed by atoms with Gasteiger partial charge >= 0.3 is 0 Å². The van der Waals surface area contributed by atoms with Crippen molar-refractivity contribution in [1.29, 1.82) is 0 Å². The Morgan fingerprint density at radius 3 is 1.31 bits per heavy atom. The summed E-state index contributed by atoms with van der Waals surface area (Å²) in [6.07, 6.45) is 6.26. The molecule has 0 atom stereocenters. The molecule has 8 nitrogen and oxygen atoms in total. The minimum absolute atomic E-state index is 0. The van der Waals surface area contributed by atoms with Crippen LogP contribution in [0.2, 0.25) is 0 Å². The minimum atomic E-state index is -0.125. The van der Waals surface area contributed by atoms with Crippen LogP contribution in [0.3, 0.4) is 0 Å². The van der Waals surface area contributed by atoms with Gasteiger partial charge in [-0.1, -0.05) is 158 Å². The first-order valence-electron chi connectivity index (χ1n) is 26.9. The van der Waals surface area contributed by atoms with E-state index in [0.717, 1.165) is 77.2 Å². The van der Waals surface area contributed by atoms with Crippen LogP contribution in [0.25, 0.3) is 119 Å². The van der Waals surface area contributed by atoms with Crippen LogP contribution in [0, 0.1) is 26.0 Å². The van der Waals surface area contributed by atoms with Crippen LogP contribution in [-0.2, 0) is 55.2 Å². The molecule has 0 unspecified atom stereocenters. The van der Waals surface area contributed by atoms with Crippen molar-refractivity contribution in [2.75, 3.05) is 0 Å². The Morgan fingerprint density at radius 1 is 0.512 bits per heavy atom. The van der Waals surface area contributed by atoms with Gasteiger partial charge in [0.1, 0.15) is 11.2 Å². The van der Waals surface area contributed by atoms with Gasteiger partial charge in [0.2, 0.25) is 0 Å². The summed E-state index contributed by atoms with van der Waals surface area (Å²) in [6.45, 7) is 16.8. The Hall–Kier alpha value is -7.92. The number of aryl methyl sites for hydroxylation is 2. The predicted octanol–water partition coefficient (Wildman–Crippen LogP) is 20.3. The zero-order chi connectivity index (χ0) is 57.8. The molecule has 0 saturated carbocycles. The molecule has 6 aromatic heterocycles. The Bertz CT molecular complexity index is 4520. The number of ketones is 2. The number of hydrogen-bond acceptors (Lipinski definition) is 10. The first-order chi connectivity index (χ1) is 39.4. The summed E-state index contributed by atoms with van der Waals surface area (Å²) in [7, 11) is 0. The zero-order valence-corrected chi connectivity index (χ0v) is 54.2. The summed E-state index contributed by atoms with van der Waals surface area (Å²) < 4.78 is 14.8. The maximum Gasteiger partial charge on any atom is 0.155 e. The molecule has 0 bridgehead atoms. The third kappa shape index (κ3) is 14.0. The summed E-state index contributed by atoms with van der Waals surface area (Å²) in [6, 6.07) is 64.2. The van der Waals surface area contributed by atoms with Crippen LogP contribution < -0.4 is 0 Å². The number of aliphatic hydroxyl groups excluding tert-OH is 2. The van der Waals surface area contributed by atoms with Crippen LogP contribution in [0.15, 0.2) is 209 Å². The van der Waals surface area contributed by atoms with E-state index < -0.39 is 0 Å². The second-order valence-electron chi connectivity index (χ2n) is 21.3. The maximum atomic E-state index is 10.0. The minimum Gasteiger partial charge on any atom is -0.512 e. The summed E-state index contributed by atoms with van der Waals surface area (Å²) in [4.78, 5) is 32.1. The number of rotatable bonds is 7. The average molecular weight is 1500 g/mol. The van der Waals surface area contributed by atoms with E-state index >= 15 is 0 Å². The van der Waals surface area contributed by atoms with Crippen LogP contribution in [0.1, 0.15) is 65.2 Å². The number of pyridine rings is 2. The van der Waals surface area contributed by atoms with E-state index in [0.29, 0.717) is 0 Å². The molecule has 2 N–H and O–H groups in total. The van der Waals surface area contributed by atoms with Crippen molar-refractivity contribution in [2.24, 2.45) is 0 Å². The maximum absolute atomic E-state index is 10.0. The number of thiophene rings is 2. The molecule has 13 rings (SSSR count). The quantitative estimate of drug-likeness (QED) is 0.0918. The van der Waals surface area contributed by atoms with Gasteiger partial charge in [-0.15, -0.1) is 59.1 Å². The Morgan fingerprint density at radius 2 is 0.917 bits per heavy atom. The number of benzene rings is 7. The van der Waals surface area contributed by atoms with Gasteiger partial charge in [0.25, 0.3) is 0 Å². The van der Waals surface area contributed by atoms with Crippen molar-refractivity contribution in [3.8, 4) is 54.5 Å². The second kappa shape index (κ2) is 26.8. The summed E-state index contributed by atoms with van der Waals surface area (Å²) >= 11 is 3.59. The molecule has 12 heteroatoms. The van der Waals surface area contributed by atoms with Crippen molar-refractivity contribution in [2.45, 2.75) is 67.7 Å². The van der Waals surface area contributed by atoms with Gasteiger partial charge in [0, 0.05) is 105 Å². The molecule has 0 aliphatic carbocycles. The van der Waals surface area contributed by atoms with Gasteiger partial charge in [-0.3, -0.25) is 9.59 Å². The molecular weight excluding hydrogens is 1440 g/mol. The van der Waals surface area contributed by atoms with Gasteiger partial charge in [-0.25, -0.2) is 0 Å². The van der Waals surface area contributed by atoms with Crippen molar-refractivity contribution in [1.82, 2.24) is 9.97 Å². The fourth-order valence-electron chi connectivity index (χ4n) is 9.98. The number of aliphatic hydroxyl groups is 2. The first kappa shape index (κ1) is 62.1. The number of nitrogens with zero attached hydrogens (tertiary/aromatic N) is 2. The molecule has 426 valence electrons. The Balaban J connectivity index is 0.000000176. The fraction of sp³-hybridized carbons (Fsp3) is 0.139. The Kier molecular flexibility index (Phi) is 19.8. The molecule has 13 aromatic rings. The number of fused-ring (bicyclic) bond motifs is 8. The summed E-state index contributed by atoms with van der Waals surface area (Å²) in [5.74, 6) is -0.125. The number of carbonyl (C=O) groups is 2. The standard InChI is InChI=1S/C33H22NOS.C29H22NOS.2C5H8O2.2Ir/c1-20-7-5-8-21(2)32(20)23-15-13-22(14-16-23)30-17-24-19-34-28(18-31(24)36-30)27-11-6-10-26-25-9-3-4-12-29(25)35-33(26)27;1-29(2,3)20-13-11-18(12-14-20)26-15-19-17-30-24(16-27(19)32-26)23-9-6-8-22-21-7-4-5-10-25(21)31-28(22)23;2*1-4(6)3-5(2)7;;/h3-10,12-19H,1-2H3;4-8,10-17H,1-3H3;2*3,6H,1-2H3;;/q2*-1;;;;. The normalized spacial score (nSPS) is 11.5. The van der Waals surface area contributed by atoms with Crippen molar-refractivity contribution in [3.05, 3.63) is 229 Å². The largest absolute Gasteiger partial charge is 0.512 e. The Labute approximate surface area is 524 Å². The third-order valence-electron chi connectivity index (χ3n) is 13.8. The molecule has 84 heavy (non-hydrogen) atoms. The number of aromatic nitrogens is 2. The van der Waals surface area contributed by atoms with Crippen LogP contribution >= 0.6 is 22.7 Å². The van der Waals surface area contributed by atoms with Crippen molar-refractivity contribution >= 4 is 98.3 Å². The monoisotopic (exact) mass is 1500 g/mol. The van der Waals surface area contributed by atoms with E-state index in [2.05, 4.69) is 162 Å². The number of hydrogen-bond donors (Lipinski definition) is 2. The number of para-hydroxylation sites is 2. The molecular formula is C72H60Ir2N2O6S2-2. The summed E-state index contributed by atoms with van der Waals surface area (Å²) in [5, 5.41) is 23.5. The topological polar surface area (TPSA) is 127 Å². The molecule has 7 aromatic carbocycles. The predicted molar refractivity (Wildman–Crippen MR) is 341 cm³/mol. The van der Waals surface area contributed by atoms with E-state index in [1.807, 2.05) is 60.9 Å². The van der Waals surface area contributed by atoms with E-state index in [1.54, 1.807) is 22.7 Å². The van der Waals surface area contributed by atoms with Crippen molar-refractivity contribution < 1.29 is 68.8 Å². The van der Waals surface area contributed by atoms with Crippen molar-refractivity contribution in [3.63, 3.8) is 0 Å². The molecule has 0 amide bonds. The molecule has 0 fully saturated rings. The fourth-order valence-corrected chi connectivity index (χ4v) is 12.1. The zero-order valence-electron chi connectivity index (χ0n) is 47.8. The van der Waals surface area contributed by atoms with E-state index in [-0.39, 0.29) is 68.7 Å². The second-order valence-corrected chi connectivity index (χ2v) is 23.5. The van der Waals surface area contributed by atoms with Gasteiger partial charge in [-0.2, -0.15) is 0 Å². The molecule has 6 heterocycles. The number of furan rings is 2. The average Bonchev–Trinajstić information content (AvgIpc) is 4.24. The van der Waals surface area contributed by atoms with Gasteiger partial charge in [0.15, 0.2) is 11.6 Å². The molecule has 0 aliphatic heterocycles. The van der Waals surface area contributed by atoms with Gasteiger partial charge < -0.3 is 29.0 Å². The van der Waals surface area contributed by atoms with Crippen LogP contribution in [0.5, 0.6) is 0 Å². The smallest absolute Gasteiger partial charge is 0.155 e. The van der Waals surface area contributed by atoms with Crippen LogP contribution in [-0.4, -0.2) is 31.7 Å². The molecule has 0 spiro atoms. The number of allylic oxidation sites excluding steroid dienone is 4. The summed E-state index contributed by atoms with van der Waals surface area (Å²) in [5.41, 5.74) is 16.2. The first-order valence-corrected chi connectivity index (χ1v) is 28.5. The number of carbonyl (C=O) groups excluding carboxylic acids is 2. The van der Waals surface area contributed by atoms with Gasteiger partial charge in [0.05, 0.1) is 22.7 Å². The molecule has 0 aliphatic rings. The molecule has 0 saturated heterocycles.